The number of unbranched alkanes of at least 4 members (excludes halogenated alkanes) is 1. The maximum absolute atomic E-state index is 12.7. The lowest BCUT2D eigenvalue weighted by Gasteiger charge is -2.21. The van der Waals surface area contributed by atoms with Crippen molar-refractivity contribution in [3.05, 3.63) is 48.5 Å². The maximum atomic E-state index is 12.7. The van der Waals surface area contributed by atoms with Crippen molar-refractivity contribution in [2.24, 2.45) is 0 Å². The highest BCUT2D eigenvalue weighted by atomic mass is 16.7. The van der Waals surface area contributed by atoms with Crippen LogP contribution in [0.15, 0.2) is 43.0 Å². The fourth-order valence-electron chi connectivity index (χ4n) is 3.36. The molecule has 1 aromatic carbocycles. The van der Waals surface area contributed by atoms with Crippen molar-refractivity contribution in [2.75, 3.05) is 12.3 Å². The smallest absolute Gasteiger partial charge is 0.325 e. The number of ether oxygens (including phenoxy) is 1. The molecular weight excluding hydrogens is 372 g/mol. The lowest BCUT2D eigenvalue weighted by molar-refractivity contribution is -0.198. The summed E-state index contributed by atoms with van der Waals surface area (Å²) in [6.45, 7) is 2.93. The Morgan fingerprint density at radius 1 is 1.28 bits per heavy atom. The van der Waals surface area contributed by atoms with Crippen molar-refractivity contribution in [3.63, 3.8) is 0 Å². The molecule has 0 unspecified atom stereocenters. The largest absolute Gasteiger partial charge is 0.464 e. The number of carbonyl (C=O) groups excluding carboxylic acids is 1. The van der Waals surface area contributed by atoms with Crippen molar-refractivity contribution in [2.45, 2.75) is 45.0 Å². The molecule has 3 aromatic rings. The van der Waals surface area contributed by atoms with Gasteiger partial charge in [0.15, 0.2) is 17.7 Å². The van der Waals surface area contributed by atoms with E-state index in [1.807, 2.05) is 30.3 Å². The Balaban J connectivity index is 1.58. The second-order valence-electron chi connectivity index (χ2n) is 6.98. The summed E-state index contributed by atoms with van der Waals surface area (Å²) in [5.41, 5.74) is 8.02. The number of aromatic nitrogens is 4. The van der Waals surface area contributed by atoms with E-state index in [0.717, 1.165) is 18.4 Å². The number of nitrogens with zero attached hydrogens (tertiary/aromatic N) is 5. The number of nitrogen functional groups attached to an aromatic ring is 1. The first-order valence-electron chi connectivity index (χ1n) is 9.74. The summed E-state index contributed by atoms with van der Waals surface area (Å²) in [6.07, 6.45) is 4.79. The number of nitrogens with two attached hydrogens (primary N) is 1. The van der Waals surface area contributed by atoms with Gasteiger partial charge in [-0.25, -0.2) is 15.0 Å². The summed E-state index contributed by atoms with van der Waals surface area (Å²) in [5, 5.41) is 1.69. The SMILES string of the molecule is CCCCOC(=O)[C@@H]1C[C@H](n2cnc3c(N)ncnc32)ON1Cc1ccccc1. The first-order chi connectivity index (χ1) is 14.2. The third-order valence-electron chi connectivity index (χ3n) is 4.92. The number of hydrogen-bond acceptors (Lipinski definition) is 8. The molecule has 0 aliphatic carbocycles. The number of imidazole rings is 1. The Morgan fingerprint density at radius 3 is 2.90 bits per heavy atom. The van der Waals surface area contributed by atoms with Crippen molar-refractivity contribution in [3.8, 4) is 0 Å². The van der Waals surface area contributed by atoms with E-state index in [-0.39, 0.29) is 5.97 Å². The number of carbonyl (C=O) groups is 1. The maximum Gasteiger partial charge on any atom is 0.325 e. The van der Waals surface area contributed by atoms with E-state index >= 15 is 0 Å². The Kier molecular flexibility index (Phi) is 5.68. The summed E-state index contributed by atoms with van der Waals surface area (Å²) >= 11 is 0. The van der Waals surface area contributed by atoms with E-state index in [1.165, 1.54) is 6.33 Å². The minimum Gasteiger partial charge on any atom is -0.464 e. The number of esters is 1. The van der Waals surface area contributed by atoms with E-state index < -0.39 is 12.3 Å². The second-order valence-corrected chi connectivity index (χ2v) is 6.98. The molecule has 152 valence electrons. The molecule has 9 nitrogen and oxygen atoms in total. The van der Waals surface area contributed by atoms with E-state index in [4.69, 9.17) is 15.3 Å². The van der Waals surface area contributed by atoms with Crippen LogP contribution in [0.1, 0.15) is 38.0 Å². The van der Waals surface area contributed by atoms with Gasteiger partial charge in [-0.2, -0.15) is 5.06 Å². The van der Waals surface area contributed by atoms with Crippen LogP contribution in [0.2, 0.25) is 0 Å². The molecule has 2 atom stereocenters. The van der Waals surface area contributed by atoms with Crippen molar-refractivity contribution >= 4 is 23.0 Å². The minimum absolute atomic E-state index is 0.282. The number of fused-ring (bicyclic) bond motifs is 1. The van der Waals surface area contributed by atoms with Gasteiger partial charge in [-0.05, 0) is 12.0 Å². The van der Waals surface area contributed by atoms with Crippen LogP contribution < -0.4 is 5.73 Å². The van der Waals surface area contributed by atoms with Gasteiger partial charge in [0.2, 0.25) is 0 Å². The summed E-state index contributed by atoms with van der Waals surface area (Å²) < 4.78 is 7.26. The predicted octanol–water partition coefficient (Wildman–Crippen LogP) is 2.46. The van der Waals surface area contributed by atoms with Crippen LogP contribution in [0.3, 0.4) is 0 Å². The van der Waals surface area contributed by atoms with Crippen molar-refractivity contribution < 1.29 is 14.4 Å². The average Bonchev–Trinajstić information content (AvgIpc) is 3.34. The quantitative estimate of drug-likeness (QED) is 0.479. The number of hydroxylamine groups is 2. The molecule has 3 heterocycles. The van der Waals surface area contributed by atoms with Crippen LogP contribution in [0.4, 0.5) is 5.82 Å². The lowest BCUT2D eigenvalue weighted by atomic mass is 10.1. The molecule has 2 N–H and O–H groups in total. The molecule has 0 radical (unpaired) electrons. The van der Waals surface area contributed by atoms with Crippen LogP contribution in [-0.4, -0.2) is 43.2 Å². The van der Waals surface area contributed by atoms with Gasteiger partial charge in [0, 0.05) is 6.42 Å². The molecule has 4 rings (SSSR count). The van der Waals surface area contributed by atoms with Gasteiger partial charge in [-0.1, -0.05) is 43.7 Å². The van der Waals surface area contributed by atoms with Crippen molar-refractivity contribution in [1.29, 1.82) is 0 Å². The molecule has 9 heteroatoms. The van der Waals surface area contributed by atoms with Crippen LogP contribution >= 0.6 is 0 Å². The molecule has 1 saturated heterocycles. The van der Waals surface area contributed by atoms with Crippen LogP contribution in [-0.2, 0) is 20.9 Å². The monoisotopic (exact) mass is 396 g/mol. The molecule has 1 fully saturated rings. The van der Waals surface area contributed by atoms with E-state index in [2.05, 4.69) is 21.9 Å². The van der Waals surface area contributed by atoms with Gasteiger partial charge in [0.1, 0.15) is 17.9 Å². The minimum atomic E-state index is -0.520. The zero-order chi connectivity index (χ0) is 20.2. The summed E-state index contributed by atoms with van der Waals surface area (Å²) in [7, 11) is 0. The van der Waals surface area contributed by atoms with Crippen molar-refractivity contribution in [1.82, 2.24) is 24.6 Å². The number of benzene rings is 1. The Hall–Kier alpha value is -3.04. The van der Waals surface area contributed by atoms with E-state index in [0.29, 0.717) is 36.6 Å². The highest BCUT2D eigenvalue weighted by molar-refractivity contribution is 5.81. The molecule has 29 heavy (non-hydrogen) atoms. The topological polar surface area (TPSA) is 108 Å². The third kappa shape index (κ3) is 4.06. The summed E-state index contributed by atoms with van der Waals surface area (Å²) in [6, 6.07) is 9.35. The molecule has 0 bridgehead atoms. The molecule has 0 saturated carbocycles. The molecule has 1 aliphatic rings. The van der Waals surface area contributed by atoms with Gasteiger partial charge in [0.25, 0.3) is 0 Å². The third-order valence-corrected chi connectivity index (χ3v) is 4.92. The first-order valence-corrected chi connectivity index (χ1v) is 9.74. The molecule has 2 aromatic heterocycles. The normalized spacial score (nSPS) is 19.6. The molecule has 1 aliphatic heterocycles. The number of hydrogen-bond donors (Lipinski definition) is 1. The summed E-state index contributed by atoms with van der Waals surface area (Å²) in [4.78, 5) is 31.4. The molecule has 0 spiro atoms. The Bertz CT molecular complexity index is 977. The van der Waals surface area contributed by atoms with Crippen LogP contribution in [0, 0.1) is 0 Å². The molecular formula is C20H24N6O3. The Morgan fingerprint density at radius 2 is 2.10 bits per heavy atom. The Labute approximate surface area is 168 Å². The van der Waals surface area contributed by atoms with Gasteiger partial charge in [-0.15, -0.1) is 0 Å². The lowest BCUT2D eigenvalue weighted by Crippen LogP contribution is -2.36. The fraction of sp³-hybridized carbons (Fsp3) is 0.400. The number of anilines is 1. The zero-order valence-electron chi connectivity index (χ0n) is 16.3. The zero-order valence-corrected chi connectivity index (χ0v) is 16.3. The first kappa shape index (κ1) is 19.3. The van der Waals surface area contributed by atoms with Gasteiger partial charge in [-0.3, -0.25) is 14.2 Å². The average molecular weight is 396 g/mol. The highest BCUT2D eigenvalue weighted by Crippen LogP contribution is 2.33. The summed E-state index contributed by atoms with van der Waals surface area (Å²) in [5.74, 6) is 0.0267. The van der Waals surface area contributed by atoms with Crippen LogP contribution in [0.5, 0.6) is 0 Å². The fourth-order valence-corrected chi connectivity index (χ4v) is 3.36. The van der Waals surface area contributed by atoms with Crippen LogP contribution in [0.25, 0.3) is 11.2 Å². The second kappa shape index (κ2) is 8.54. The van der Waals surface area contributed by atoms with E-state index in [1.54, 1.807) is 16.0 Å². The van der Waals surface area contributed by atoms with Gasteiger partial charge in [0.05, 0.1) is 19.5 Å². The highest BCUT2D eigenvalue weighted by Gasteiger charge is 2.40. The molecule has 0 amide bonds. The van der Waals surface area contributed by atoms with Gasteiger partial charge >= 0.3 is 5.97 Å². The van der Waals surface area contributed by atoms with Gasteiger partial charge < -0.3 is 10.5 Å². The van der Waals surface area contributed by atoms with E-state index in [9.17, 15) is 4.79 Å². The number of rotatable bonds is 7. The predicted molar refractivity (Wildman–Crippen MR) is 106 cm³/mol. The standard InChI is InChI=1S/C20H24N6O3/c1-2-3-9-28-20(27)15-10-16(29-26(15)11-14-7-5-4-6-8-14)25-13-24-17-18(21)22-12-23-19(17)25/h4-8,12-13,15-16H,2-3,9-11H2,1H3,(H2,21,22,23)/t15-,16+/m0/s1.